The van der Waals surface area contributed by atoms with E-state index in [-0.39, 0.29) is 0 Å². The fourth-order valence-electron chi connectivity index (χ4n) is 3.30. The van der Waals surface area contributed by atoms with Gasteiger partial charge in [0.2, 0.25) is 0 Å². The Balaban J connectivity index is 2.09. The van der Waals surface area contributed by atoms with Crippen LogP contribution in [-0.2, 0) is 0 Å². The molecule has 0 aromatic heterocycles. The highest BCUT2D eigenvalue weighted by molar-refractivity contribution is 5.35. The van der Waals surface area contributed by atoms with Gasteiger partial charge in [-0.05, 0) is 57.2 Å². The van der Waals surface area contributed by atoms with E-state index in [0.29, 0.717) is 12.1 Å². The van der Waals surface area contributed by atoms with Crippen molar-refractivity contribution in [2.24, 2.45) is 5.92 Å². The topological polar surface area (TPSA) is 21.3 Å². The minimum Gasteiger partial charge on any atom is -0.489 e. The summed E-state index contributed by atoms with van der Waals surface area (Å²) in [6.07, 6.45) is 5.34. The zero-order valence-electron chi connectivity index (χ0n) is 13.4. The summed E-state index contributed by atoms with van der Waals surface area (Å²) in [5.74, 6) is 1.88. The Bertz CT molecular complexity index is 429. The quantitative estimate of drug-likeness (QED) is 0.868. The lowest BCUT2D eigenvalue weighted by atomic mass is 9.82. The predicted molar refractivity (Wildman–Crippen MR) is 85.4 cm³/mol. The van der Waals surface area contributed by atoms with Gasteiger partial charge < -0.3 is 10.1 Å². The lowest BCUT2D eigenvalue weighted by Gasteiger charge is -2.36. The van der Waals surface area contributed by atoms with Gasteiger partial charge in [-0.25, -0.2) is 0 Å². The van der Waals surface area contributed by atoms with Gasteiger partial charge >= 0.3 is 0 Å². The van der Waals surface area contributed by atoms with Crippen LogP contribution in [0.25, 0.3) is 0 Å². The predicted octanol–water partition coefficient (Wildman–Crippen LogP) is 4.24. The van der Waals surface area contributed by atoms with Crippen molar-refractivity contribution >= 4 is 0 Å². The van der Waals surface area contributed by atoms with Gasteiger partial charge in [0, 0.05) is 6.04 Å². The fourth-order valence-corrected chi connectivity index (χ4v) is 3.30. The van der Waals surface area contributed by atoms with Crippen LogP contribution < -0.4 is 10.1 Å². The molecule has 1 saturated carbocycles. The Morgan fingerprint density at radius 2 is 2.00 bits per heavy atom. The van der Waals surface area contributed by atoms with Crippen molar-refractivity contribution in [3.8, 4) is 5.75 Å². The second-order valence-electron chi connectivity index (χ2n) is 6.18. The van der Waals surface area contributed by atoms with Crippen molar-refractivity contribution in [1.29, 1.82) is 0 Å². The fraction of sp³-hybridized carbons (Fsp3) is 0.667. The summed E-state index contributed by atoms with van der Waals surface area (Å²) >= 11 is 0. The van der Waals surface area contributed by atoms with Crippen molar-refractivity contribution in [2.75, 3.05) is 6.54 Å². The van der Waals surface area contributed by atoms with Crippen LogP contribution in [0.3, 0.4) is 0 Å². The van der Waals surface area contributed by atoms with Crippen LogP contribution in [0.5, 0.6) is 5.75 Å². The first-order valence-corrected chi connectivity index (χ1v) is 8.11. The molecule has 0 radical (unpaired) electrons. The van der Waals surface area contributed by atoms with Gasteiger partial charge in [-0.2, -0.15) is 0 Å². The van der Waals surface area contributed by atoms with E-state index in [1.807, 2.05) is 0 Å². The van der Waals surface area contributed by atoms with Gasteiger partial charge in [0.25, 0.3) is 0 Å². The average molecular weight is 275 g/mol. The SMILES string of the molecule is CCNC1CCC(CC)CC1Oc1ccc(C)cc1C. The number of nitrogens with one attached hydrogen (secondary N) is 1. The van der Waals surface area contributed by atoms with E-state index in [1.54, 1.807) is 0 Å². The minimum atomic E-state index is 0.315. The zero-order valence-corrected chi connectivity index (χ0v) is 13.4. The van der Waals surface area contributed by atoms with Crippen molar-refractivity contribution < 1.29 is 4.74 Å². The van der Waals surface area contributed by atoms with Gasteiger partial charge in [0.05, 0.1) is 0 Å². The first-order valence-electron chi connectivity index (χ1n) is 8.11. The van der Waals surface area contributed by atoms with Gasteiger partial charge in [0.1, 0.15) is 11.9 Å². The molecule has 3 atom stereocenters. The number of rotatable bonds is 5. The lowest BCUT2D eigenvalue weighted by Crippen LogP contribution is -2.47. The van der Waals surface area contributed by atoms with Crippen LogP contribution in [0.2, 0.25) is 0 Å². The molecule has 1 fully saturated rings. The molecular formula is C18H29NO. The molecule has 0 saturated heterocycles. The maximum atomic E-state index is 6.38. The van der Waals surface area contributed by atoms with Crippen LogP contribution in [-0.4, -0.2) is 18.7 Å². The number of aryl methyl sites for hydroxylation is 2. The molecule has 0 heterocycles. The van der Waals surface area contributed by atoms with E-state index in [0.717, 1.165) is 18.2 Å². The molecule has 2 heteroatoms. The summed E-state index contributed by atoms with van der Waals surface area (Å²) < 4.78 is 6.38. The third-order valence-electron chi connectivity index (χ3n) is 4.55. The molecule has 1 aromatic rings. The lowest BCUT2D eigenvalue weighted by molar-refractivity contribution is 0.0850. The van der Waals surface area contributed by atoms with Gasteiger partial charge in [-0.15, -0.1) is 0 Å². The molecule has 0 bridgehead atoms. The maximum absolute atomic E-state index is 6.38. The third kappa shape index (κ3) is 3.76. The number of benzene rings is 1. The Hall–Kier alpha value is -1.02. The molecule has 2 nitrogen and oxygen atoms in total. The van der Waals surface area contributed by atoms with Gasteiger partial charge in [0.15, 0.2) is 0 Å². The largest absolute Gasteiger partial charge is 0.489 e. The van der Waals surface area contributed by atoms with Crippen LogP contribution >= 0.6 is 0 Å². The molecule has 2 rings (SSSR count). The Labute approximate surface area is 123 Å². The minimum absolute atomic E-state index is 0.315. The molecule has 112 valence electrons. The number of hydrogen-bond donors (Lipinski definition) is 1. The third-order valence-corrected chi connectivity index (χ3v) is 4.55. The highest BCUT2D eigenvalue weighted by atomic mass is 16.5. The maximum Gasteiger partial charge on any atom is 0.122 e. The second kappa shape index (κ2) is 7.12. The van der Waals surface area contributed by atoms with E-state index in [4.69, 9.17) is 4.74 Å². The van der Waals surface area contributed by atoms with E-state index in [2.05, 4.69) is 51.2 Å². The summed E-state index contributed by atoms with van der Waals surface area (Å²) in [6.45, 7) is 9.78. The highest BCUT2D eigenvalue weighted by Gasteiger charge is 2.31. The van der Waals surface area contributed by atoms with E-state index in [1.165, 1.54) is 36.8 Å². The van der Waals surface area contributed by atoms with Crippen molar-refractivity contribution in [3.63, 3.8) is 0 Å². The summed E-state index contributed by atoms with van der Waals surface area (Å²) in [7, 11) is 0. The molecule has 1 aromatic carbocycles. The molecule has 20 heavy (non-hydrogen) atoms. The normalized spacial score (nSPS) is 26.5. The number of hydrogen-bond acceptors (Lipinski definition) is 2. The monoisotopic (exact) mass is 275 g/mol. The van der Waals surface area contributed by atoms with E-state index < -0.39 is 0 Å². The molecule has 0 aliphatic heterocycles. The average Bonchev–Trinajstić information content (AvgIpc) is 2.44. The number of likely N-dealkylation sites (N-methyl/N-ethyl adjacent to an activating group) is 1. The summed E-state index contributed by atoms with van der Waals surface area (Å²) in [5, 5.41) is 3.61. The van der Waals surface area contributed by atoms with E-state index in [9.17, 15) is 0 Å². The number of ether oxygens (including phenoxy) is 1. The first-order chi connectivity index (χ1) is 9.63. The summed E-state index contributed by atoms with van der Waals surface area (Å²) in [5.41, 5.74) is 2.55. The zero-order chi connectivity index (χ0) is 14.5. The molecule has 1 aliphatic carbocycles. The smallest absolute Gasteiger partial charge is 0.122 e. The van der Waals surface area contributed by atoms with Crippen molar-refractivity contribution in [3.05, 3.63) is 29.3 Å². The first kappa shape index (κ1) is 15.4. The molecule has 0 amide bonds. The highest BCUT2D eigenvalue weighted by Crippen LogP contribution is 2.31. The van der Waals surface area contributed by atoms with Crippen LogP contribution in [0.4, 0.5) is 0 Å². The van der Waals surface area contributed by atoms with Crippen LogP contribution in [0.1, 0.15) is 50.7 Å². The molecule has 1 aliphatic rings. The summed E-state index contributed by atoms with van der Waals surface area (Å²) in [4.78, 5) is 0. The summed E-state index contributed by atoms with van der Waals surface area (Å²) in [6, 6.07) is 6.98. The molecule has 0 spiro atoms. The van der Waals surface area contributed by atoms with Crippen molar-refractivity contribution in [1.82, 2.24) is 5.32 Å². The van der Waals surface area contributed by atoms with Crippen molar-refractivity contribution in [2.45, 2.75) is 65.5 Å². The second-order valence-corrected chi connectivity index (χ2v) is 6.18. The van der Waals surface area contributed by atoms with Crippen LogP contribution in [0, 0.1) is 19.8 Å². The van der Waals surface area contributed by atoms with Gasteiger partial charge in [-0.3, -0.25) is 0 Å². The van der Waals surface area contributed by atoms with E-state index >= 15 is 0 Å². The van der Waals surface area contributed by atoms with Gasteiger partial charge in [-0.1, -0.05) is 38.0 Å². The molecular weight excluding hydrogens is 246 g/mol. The molecule has 1 N–H and O–H groups in total. The Kier molecular flexibility index (Phi) is 5.47. The Morgan fingerprint density at radius 1 is 1.20 bits per heavy atom. The van der Waals surface area contributed by atoms with Crippen LogP contribution in [0.15, 0.2) is 18.2 Å². The molecule has 3 unspecified atom stereocenters. The standard InChI is InChI=1S/C18H29NO/c1-5-15-8-9-16(19-6-2)18(12-15)20-17-10-7-13(3)11-14(17)4/h7,10-11,15-16,18-19H,5-6,8-9,12H2,1-4H3. The Morgan fingerprint density at radius 3 is 2.65 bits per heavy atom.